The zero-order valence-electron chi connectivity index (χ0n) is 11.0. The molecule has 0 aromatic heterocycles. The molecule has 2 rings (SSSR count). The molecule has 20 heavy (non-hydrogen) atoms. The number of hydrogen-bond donors (Lipinski definition) is 0. The lowest BCUT2D eigenvalue weighted by Gasteiger charge is -2.05. The minimum Gasteiger partial charge on any atom is -0.497 e. The Morgan fingerprint density at radius 2 is 1.75 bits per heavy atom. The maximum Gasteiger partial charge on any atom is 0.282 e. The summed E-state index contributed by atoms with van der Waals surface area (Å²) in [5.74, 6) is 0.418. The molecule has 0 amide bonds. The molecule has 0 atom stereocenters. The maximum atomic E-state index is 12.1. The summed E-state index contributed by atoms with van der Waals surface area (Å²) in [5.41, 5.74) is 0.689. The van der Waals surface area contributed by atoms with Crippen molar-refractivity contribution in [2.75, 3.05) is 7.11 Å². The zero-order chi connectivity index (χ0) is 14.8. The number of benzene rings is 1. The van der Waals surface area contributed by atoms with Gasteiger partial charge in [-0.2, -0.15) is 12.8 Å². The van der Waals surface area contributed by atoms with Gasteiger partial charge >= 0.3 is 0 Å². The highest BCUT2D eigenvalue weighted by molar-refractivity contribution is 7.90. The van der Waals surface area contributed by atoms with Gasteiger partial charge in [0.05, 0.1) is 17.7 Å². The minimum atomic E-state index is -3.80. The van der Waals surface area contributed by atoms with E-state index >= 15 is 0 Å². The number of methoxy groups -OCH3 is 1. The number of nitrogens with zero attached hydrogens (tertiary/aromatic N) is 1. The van der Waals surface area contributed by atoms with Crippen molar-refractivity contribution in [1.82, 2.24) is 0 Å². The van der Waals surface area contributed by atoms with E-state index in [1.807, 2.05) is 0 Å². The first-order valence-corrected chi connectivity index (χ1v) is 7.26. The molecule has 0 N–H and O–H groups in total. The van der Waals surface area contributed by atoms with Gasteiger partial charge in [0.2, 0.25) is 0 Å². The lowest BCUT2D eigenvalue weighted by Crippen LogP contribution is -2.08. The largest absolute Gasteiger partial charge is 0.497 e. The second-order valence-corrected chi connectivity index (χ2v) is 5.80. The van der Waals surface area contributed by atoms with Gasteiger partial charge in [-0.3, -0.25) is 4.79 Å². The Balaban J connectivity index is 2.36. The molecule has 0 saturated heterocycles. The van der Waals surface area contributed by atoms with Crippen molar-refractivity contribution in [2.24, 2.45) is 4.40 Å². The standard InChI is InChI=1S/C14H13NO4S/c1-10-9-11(3-8-14(10)16)15-20(17,18)13-6-4-12(19-2)5-7-13/h3-9H,1-2H3. The molecule has 0 bridgehead atoms. The van der Waals surface area contributed by atoms with E-state index in [4.69, 9.17) is 4.74 Å². The number of hydrogen-bond acceptors (Lipinski definition) is 4. The quantitative estimate of drug-likeness (QED) is 0.797. The van der Waals surface area contributed by atoms with Crippen LogP contribution in [0.1, 0.15) is 6.92 Å². The highest BCUT2D eigenvalue weighted by atomic mass is 32.2. The number of rotatable bonds is 3. The third-order valence-electron chi connectivity index (χ3n) is 2.74. The van der Waals surface area contributed by atoms with Gasteiger partial charge in [-0.25, -0.2) is 0 Å². The first-order valence-electron chi connectivity index (χ1n) is 5.82. The molecule has 0 radical (unpaired) electrons. The predicted octanol–water partition coefficient (Wildman–Crippen LogP) is 1.91. The Kier molecular flexibility index (Phi) is 3.85. The van der Waals surface area contributed by atoms with E-state index < -0.39 is 10.0 Å². The number of sulfonamides is 1. The Morgan fingerprint density at radius 3 is 2.30 bits per heavy atom. The topological polar surface area (TPSA) is 72.8 Å². The van der Waals surface area contributed by atoms with Crippen molar-refractivity contribution in [3.05, 3.63) is 48.1 Å². The maximum absolute atomic E-state index is 12.1. The van der Waals surface area contributed by atoms with E-state index in [-0.39, 0.29) is 16.4 Å². The van der Waals surface area contributed by atoms with Gasteiger partial charge in [-0.05, 0) is 55.0 Å². The van der Waals surface area contributed by atoms with Crippen molar-refractivity contribution in [3.8, 4) is 5.75 Å². The molecule has 0 saturated carbocycles. The second-order valence-electron chi connectivity index (χ2n) is 4.19. The molecule has 0 spiro atoms. The SMILES string of the molecule is COc1ccc(S(=O)(=O)N=C2C=CC(=O)C(C)=C2)cc1. The van der Waals surface area contributed by atoms with Crippen molar-refractivity contribution >= 4 is 21.5 Å². The van der Waals surface area contributed by atoms with Gasteiger partial charge in [0, 0.05) is 0 Å². The van der Waals surface area contributed by atoms with Crippen LogP contribution in [-0.2, 0) is 14.8 Å². The molecular weight excluding hydrogens is 278 g/mol. The van der Waals surface area contributed by atoms with Crippen LogP contribution in [0.2, 0.25) is 0 Å². The van der Waals surface area contributed by atoms with Gasteiger partial charge in [0.15, 0.2) is 5.78 Å². The van der Waals surface area contributed by atoms with Crippen LogP contribution in [-0.4, -0.2) is 27.0 Å². The number of allylic oxidation sites excluding steroid dienone is 4. The van der Waals surface area contributed by atoms with Gasteiger partial charge in [0.1, 0.15) is 5.75 Å². The summed E-state index contributed by atoms with van der Waals surface area (Å²) < 4.78 is 32.9. The molecule has 0 heterocycles. The van der Waals surface area contributed by atoms with Crippen LogP contribution in [0, 0.1) is 0 Å². The van der Waals surface area contributed by atoms with Gasteiger partial charge in [0.25, 0.3) is 10.0 Å². The molecule has 1 aliphatic carbocycles. The molecule has 1 aromatic rings. The van der Waals surface area contributed by atoms with E-state index in [9.17, 15) is 13.2 Å². The second kappa shape index (κ2) is 5.42. The minimum absolute atomic E-state index is 0.0714. The van der Waals surface area contributed by atoms with E-state index in [0.29, 0.717) is 11.3 Å². The number of carbonyl (C=O) groups is 1. The van der Waals surface area contributed by atoms with Crippen molar-refractivity contribution in [2.45, 2.75) is 11.8 Å². The van der Waals surface area contributed by atoms with Crippen LogP contribution in [0.3, 0.4) is 0 Å². The van der Waals surface area contributed by atoms with E-state index in [1.165, 1.54) is 37.5 Å². The number of carbonyl (C=O) groups excluding carboxylic acids is 1. The first kappa shape index (κ1) is 14.2. The fourth-order valence-corrected chi connectivity index (χ4v) is 2.61. The van der Waals surface area contributed by atoms with Crippen LogP contribution in [0.5, 0.6) is 5.75 Å². The summed E-state index contributed by atoms with van der Waals surface area (Å²) >= 11 is 0. The Labute approximate surface area is 117 Å². The molecule has 1 aromatic carbocycles. The average molecular weight is 291 g/mol. The summed E-state index contributed by atoms with van der Waals surface area (Å²) in [6, 6.07) is 5.95. The van der Waals surface area contributed by atoms with Gasteiger partial charge in [-0.15, -0.1) is 0 Å². The highest BCUT2D eigenvalue weighted by Gasteiger charge is 2.15. The van der Waals surface area contributed by atoms with E-state index in [2.05, 4.69) is 4.40 Å². The van der Waals surface area contributed by atoms with Gasteiger partial charge in [-0.1, -0.05) is 0 Å². The lowest BCUT2D eigenvalue weighted by molar-refractivity contribution is -0.111. The Bertz CT molecular complexity index is 725. The van der Waals surface area contributed by atoms with Crippen LogP contribution >= 0.6 is 0 Å². The summed E-state index contributed by atoms with van der Waals surface area (Å²) in [6.45, 7) is 1.61. The number of ketones is 1. The van der Waals surface area contributed by atoms with Crippen molar-refractivity contribution in [1.29, 1.82) is 0 Å². The molecular formula is C14H13NO4S. The van der Waals surface area contributed by atoms with Crippen LogP contribution < -0.4 is 4.74 Å². The monoisotopic (exact) mass is 291 g/mol. The molecule has 0 aliphatic heterocycles. The summed E-state index contributed by atoms with van der Waals surface area (Å²) in [6.07, 6.45) is 4.14. The van der Waals surface area contributed by atoms with E-state index in [1.54, 1.807) is 19.1 Å². The molecule has 0 unspecified atom stereocenters. The molecule has 0 fully saturated rings. The zero-order valence-corrected chi connectivity index (χ0v) is 11.8. The van der Waals surface area contributed by atoms with Crippen LogP contribution in [0.25, 0.3) is 0 Å². The van der Waals surface area contributed by atoms with Crippen LogP contribution in [0.15, 0.2) is 57.4 Å². The first-order chi connectivity index (χ1) is 9.42. The van der Waals surface area contributed by atoms with Gasteiger partial charge < -0.3 is 4.74 Å². The third-order valence-corrected chi connectivity index (χ3v) is 4.06. The molecule has 1 aliphatic rings. The fraction of sp³-hybridized carbons (Fsp3) is 0.143. The molecule has 5 nitrogen and oxygen atoms in total. The van der Waals surface area contributed by atoms with Crippen LogP contribution in [0.4, 0.5) is 0 Å². The van der Waals surface area contributed by atoms with Crippen molar-refractivity contribution in [3.63, 3.8) is 0 Å². The molecule has 6 heteroatoms. The summed E-state index contributed by atoms with van der Waals surface area (Å²) in [5, 5.41) is 0. The number of ether oxygens (including phenoxy) is 1. The lowest BCUT2D eigenvalue weighted by atomic mass is 10.1. The predicted molar refractivity (Wildman–Crippen MR) is 75.5 cm³/mol. The van der Waals surface area contributed by atoms with Crippen molar-refractivity contribution < 1.29 is 17.9 Å². The highest BCUT2D eigenvalue weighted by Crippen LogP contribution is 2.18. The molecule has 104 valence electrons. The van der Waals surface area contributed by atoms with E-state index in [0.717, 1.165) is 0 Å². The Morgan fingerprint density at radius 1 is 1.10 bits per heavy atom. The smallest absolute Gasteiger partial charge is 0.282 e. The summed E-state index contributed by atoms with van der Waals surface area (Å²) in [7, 11) is -2.30. The Hall–Kier alpha value is -2.21. The fourth-order valence-electron chi connectivity index (χ4n) is 1.63. The normalized spacial score (nSPS) is 17.2. The average Bonchev–Trinajstić information content (AvgIpc) is 2.43. The third kappa shape index (κ3) is 3.03. The summed E-state index contributed by atoms with van der Waals surface area (Å²) in [4.78, 5) is 11.3.